The highest BCUT2D eigenvalue weighted by molar-refractivity contribution is 6.27. The summed E-state index contributed by atoms with van der Waals surface area (Å²) in [5.74, 6) is -0.331. The molecule has 0 aromatic carbocycles. The van der Waals surface area contributed by atoms with Crippen molar-refractivity contribution < 1.29 is 74.3 Å². The van der Waals surface area contributed by atoms with E-state index in [1.807, 2.05) is 20.0 Å². The number of aromatic carboxylic acids is 1. The van der Waals surface area contributed by atoms with Crippen molar-refractivity contribution in [2.45, 2.75) is 66.1 Å². The summed E-state index contributed by atoms with van der Waals surface area (Å²) in [6.45, 7) is -0.302. The molecule has 7 rings (SSSR count). The number of nitrogens with one attached hydrogen (secondary N) is 2. The Morgan fingerprint density at radius 1 is 0.650 bits per heavy atom. The lowest BCUT2D eigenvalue weighted by Crippen LogP contribution is -2.15. The van der Waals surface area contributed by atoms with Crippen LogP contribution in [0.15, 0.2) is 79.8 Å². The Kier molecular flexibility index (Phi) is 28.1. The van der Waals surface area contributed by atoms with E-state index in [0.717, 1.165) is 49.6 Å². The number of carbonyl (C=O) groups is 4. The van der Waals surface area contributed by atoms with Gasteiger partial charge in [0.15, 0.2) is 17.1 Å². The number of nitrogen functional groups attached to an aromatic ring is 3. The smallest absolute Gasteiger partial charge is 0.356 e. The largest absolute Gasteiger partial charge is 0.492 e. The van der Waals surface area contributed by atoms with Crippen LogP contribution < -0.4 is 42.0 Å². The van der Waals surface area contributed by atoms with Crippen LogP contribution in [0.1, 0.15) is 96.8 Å². The number of anilines is 5. The minimum Gasteiger partial charge on any atom is -0.492 e. The van der Waals surface area contributed by atoms with Crippen LogP contribution in [-0.4, -0.2) is 131 Å². The number of carboxylic acids is 1. The van der Waals surface area contributed by atoms with E-state index in [-0.39, 0.29) is 44.9 Å². The summed E-state index contributed by atoms with van der Waals surface area (Å²) in [5.41, 5.74) is 18.6. The Bertz CT molecular complexity index is 3030. The number of alkyl halides is 7. The van der Waals surface area contributed by atoms with Crippen LogP contribution in [0.2, 0.25) is 0 Å². The fourth-order valence-electron chi connectivity index (χ4n) is 6.07. The topological polar surface area (TPSA) is 333 Å². The second-order valence-corrected chi connectivity index (χ2v) is 15.8. The van der Waals surface area contributed by atoms with Crippen LogP contribution in [0.4, 0.5) is 55.0 Å². The summed E-state index contributed by atoms with van der Waals surface area (Å²) in [7, 11) is 3.27. The Morgan fingerprint density at radius 3 is 1.59 bits per heavy atom. The lowest BCUT2D eigenvalue weighted by atomic mass is 10.2. The second kappa shape index (κ2) is 34.2. The zero-order valence-electron chi connectivity index (χ0n) is 43.8. The maximum Gasteiger partial charge on any atom is 0.356 e. The summed E-state index contributed by atoms with van der Waals surface area (Å²) < 4.78 is 102. The molecule has 0 radical (unpaired) electrons. The predicted molar refractivity (Wildman–Crippen MR) is 281 cm³/mol. The third kappa shape index (κ3) is 22.0. The SMILES string of the molecule is CCOc1cc(N)ncc1N.CCOc1cc(N)ncc1NC(=O)c1ccn(C(F)F)n1.CCOc1cc2nc(CCCOC)cn2cc1NC(=O)c1ccn(C(F)F)n1.COCCCC(=O)CCl.O=C(O)c1ccn(C(F)F)n1. The van der Waals surface area contributed by atoms with Gasteiger partial charge in [-0.25, -0.2) is 33.8 Å². The highest BCUT2D eigenvalue weighted by Gasteiger charge is 2.19. The van der Waals surface area contributed by atoms with E-state index >= 15 is 0 Å². The number of aromatic nitrogens is 10. The molecule has 7 aromatic rings. The molecule has 25 nitrogen and oxygen atoms in total. The van der Waals surface area contributed by atoms with Gasteiger partial charge in [-0.1, -0.05) is 0 Å². The molecule has 0 bridgehead atoms. The van der Waals surface area contributed by atoms with Crippen LogP contribution >= 0.6 is 11.6 Å². The van der Waals surface area contributed by atoms with Crippen LogP contribution in [0.5, 0.6) is 17.2 Å². The first kappa shape index (κ1) is 65.6. The van der Waals surface area contributed by atoms with E-state index in [2.05, 4.69) is 40.9 Å². The molecule has 0 atom stereocenters. The van der Waals surface area contributed by atoms with Crippen LogP contribution in [0.25, 0.3) is 5.65 Å². The first-order chi connectivity index (χ1) is 38.2. The number of ether oxygens (including phenoxy) is 5. The molecule has 7 heterocycles. The average Bonchev–Trinajstić information content (AvgIpc) is 4.29. The molecular formula is C48H60ClF6N15O10. The molecule has 0 aliphatic heterocycles. The van der Waals surface area contributed by atoms with Gasteiger partial charge in [0.1, 0.15) is 51.7 Å². The summed E-state index contributed by atoms with van der Waals surface area (Å²) in [6, 6.07) is 8.21. The van der Waals surface area contributed by atoms with Gasteiger partial charge in [0.05, 0.1) is 49.5 Å². The molecule has 436 valence electrons. The summed E-state index contributed by atoms with van der Waals surface area (Å²) >= 11 is 5.24. The number of ketones is 1. The van der Waals surface area contributed by atoms with Gasteiger partial charge in [-0.05, 0) is 58.2 Å². The number of nitrogens with zero attached hydrogens (tertiary/aromatic N) is 10. The Balaban J connectivity index is 0.000000283. The molecule has 7 aromatic heterocycles. The number of aryl methyl sites for hydroxylation is 1. The first-order valence-corrected chi connectivity index (χ1v) is 24.3. The Labute approximate surface area is 458 Å². The number of methoxy groups -OCH3 is 2. The minimum atomic E-state index is -2.81. The van der Waals surface area contributed by atoms with Gasteiger partial charge in [-0.15, -0.1) is 11.6 Å². The zero-order chi connectivity index (χ0) is 59.3. The van der Waals surface area contributed by atoms with Gasteiger partial charge >= 0.3 is 25.6 Å². The number of nitrogens with two attached hydrogens (primary N) is 3. The van der Waals surface area contributed by atoms with E-state index < -0.39 is 37.4 Å². The normalized spacial score (nSPS) is 10.6. The Hall–Kier alpha value is -8.71. The quantitative estimate of drug-likeness (QED) is 0.0201. The third-order valence-electron chi connectivity index (χ3n) is 9.65. The molecule has 9 N–H and O–H groups in total. The number of fused-ring (bicyclic) bond motifs is 1. The zero-order valence-corrected chi connectivity index (χ0v) is 44.5. The molecule has 0 fully saturated rings. The molecule has 0 spiro atoms. The van der Waals surface area contributed by atoms with Gasteiger partial charge in [-0.2, -0.15) is 41.6 Å². The predicted octanol–water partition coefficient (Wildman–Crippen LogP) is 7.90. The van der Waals surface area contributed by atoms with Gasteiger partial charge in [0.2, 0.25) is 0 Å². The number of carbonyl (C=O) groups excluding carboxylic acids is 3. The molecule has 0 saturated carbocycles. The Morgan fingerprint density at radius 2 is 1.11 bits per heavy atom. The lowest BCUT2D eigenvalue weighted by molar-refractivity contribution is -0.117. The van der Waals surface area contributed by atoms with Crippen molar-refractivity contribution in [1.29, 1.82) is 0 Å². The van der Waals surface area contributed by atoms with Gasteiger partial charge < -0.3 is 61.0 Å². The maximum absolute atomic E-state index is 12.7. The number of hydrogen-bond acceptors (Lipinski definition) is 18. The van der Waals surface area contributed by atoms with Crippen molar-refractivity contribution in [2.24, 2.45) is 0 Å². The molecular weight excluding hydrogens is 1100 g/mol. The van der Waals surface area contributed by atoms with E-state index in [4.69, 9.17) is 57.6 Å². The number of amides is 2. The molecule has 0 aliphatic rings. The highest BCUT2D eigenvalue weighted by Crippen LogP contribution is 2.28. The lowest BCUT2D eigenvalue weighted by Gasteiger charge is -2.11. The van der Waals surface area contributed by atoms with Crippen molar-refractivity contribution in [3.8, 4) is 17.2 Å². The van der Waals surface area contributed by atoms with Gasteiger partial charge in [0, 0.05) is 83.0 Å². The molecule has 0 unspecified atom stereocenters. The number of halogens is 7. The number of carboxylic acid groups (broad SMARTS) is 1. The maximum atomic E-state index is 12.7. The molecule has 32 heteroatoms. The van der Waals surface area contributed by atoms with Crippen molar-refractivity contribution in [1.82, 2.24) is 48.7 Å². The molecule has 80 heavy (non-hydrogen) atoms. The van der Waals surface area contributed by atoms with E-state index in [0.29, 0.717) is 88.9 Å². The summed E-state index contributed by atoms with van der Waals surface area (Å²) in [5, 5.41) is 23.5. The third-order valence-corrected chi connectivity index (χ3v) is 9.95. The van der Waals surface area contributed by atoms with E-state index in [1.165, 1.54) is 30.6 Å². The van der Waals surface area contributed by atoms with Crippen molar-refractivity contribution in [3.63, 3.8) is 0 Å². The second-order valence-electron chi connectivity index (χ2n) is 15.6. The monoisotopic (exact) mass is 1160 g/mol. The van der Waals surface area contributed by atoms with Gasteiger partial charge in [-0.3, -0.25) is 14.4 Å². The van der Waals surface area contributed by atoms with Crippen LogP contribution in [-0.2, 0) is 20.7 Å². The minimum absolute atomic E-state index is 0.0914. The number of Topliss-reactive ketones (excluding diaryl/α,β-unsaturated/α-hetero) is 1. The molecule has 2 amide bonds. The average molecular weight is 1160 g/mol. The molecule has 0 saturated heterocycles. The summed E-state index contributed by atoms with van der Waals surface area (Å²) in [6.07, 6.45) is 12.2. The molecule has 0 aliphatic carbocycles. The highest BCUT2D eigenvalue weighted by atomic mass is 35.5. The number of pyridine rings is 3. The van der Waals surface area contributed by atoms with E-state index in [1.54, 1.807) is 43.9 Å². The van der Waals surface area contributed by atoms with Crippen molar-refractivity contribution in [3.05, 3.63) is 103 Å². The van der Waals surface area contributed by atoms with Crippen LogP contribution in [0, 0.1) is 0 Å². The van der Waals surface area contributed by atoms with Crippen molar-refractivity contribution >= 4 is 69.5 Å². The number of imidazole rings is 1. The van der Waals surface area contributed by atoms with Crippen molar-refractivity contribution in [2.75, 3.05) is 81.0 Å². The standard InChI is InChI=1S/C18H21F2N5O3.C12H13F2N5O2.C7H11N3O.C6H11ClO2.C5H4F2N2O2/c1-3-28-15-9-16-21-12(5-4-8-27-2)10-24(16)11-14(15)22-17(26)13-6-7-25(23-13)18(19)20;1-2-21-9-5-10(15)16-6-8(9)17-11(20)7-3-4-19(18-7)12(13)14;1-2-11-6-3-7(9)10-4-5(6)8;1-9-4-2-3-6(8)5-7;6-5(7)9-2-1-3(8-9)4(10)11/h6-7,9-11,18H,3-5,8H2,1-2H3,(H,22,26);3-6,12H,2H2,1H3,(H2,15,16)(H,17,20);3-4H,2,8H2,1H3,(H2,9,10);2-5H2,1H3;1-2,5H,(H,10,11). The first-order valence-electron chi connectivity index (χ1n) is 23.8. The number of rotatable bonds is 23. The van der Waals surface area contributed by atoms with E-state index in [9.17, 15) is 45.5 Å². The summed E-state index contributed by atoms with van der Waals surface area (Å²) in [4.78, 5) is 57.1. The fourth-order valence-corrected chi connectivity index (χ4v) is 6.20. The fraction of sp³-hybridized carbons (Fsp3) is 0.375. The number of hydrogen-bond donors (Lipinski definition) is 6. The van der Waals surface area contributed by atoms with Gasteiger partial charge in [0.25, 0.3) is 11.8 Å². The van der Waals surface area contributed by atoms with Crippen LogP contribution in [0.3, 0.4) is 0 Å².